The zero-order chi connectivity index (χ0) is 39.3. The lowest BCUT2D eigenvalue weighted by Gasteiger charge is -2.19. The molecule has 0 saturated heterocycles. The molecule has 0 amide bonds. The first kappa shape index (κ1) is 20.7. The molecule has 0 bridgehead atoms. The highest BCUT2D eigenvalue weighted by Gasteiger charge is 2.19. The van der Waals surface area contributed by atoms with E-state index in [1.54, 1.807) is 0 Å². The second kappa shape index (κ2) is 11.1. The third kappa shape index (κ3) is 4.33. The molecule has 1 nitrogen and oxygen atoms in total. The lowest BCUT2D eigenvalue weighted by molar-refractivity contribution is 0.671. The van der Waals surface area contributed by atoms with Gasteiger partial charge in [0.1, 0.15) is 11.2 Å². The number of furan rings is 1. The molecule has 0 aliphatic rings. The van der Waals surface area contributed by atoms with Crippen molar-refractivity contribution in [3.05, 3.63) is 182 Å². The summed E-state index contributed by atoms with van der Waals surface area (Å²) in [7, 11) is 0. The lowest BCUT2D eigenvalue weighted by Crippen LogP contribution is -1.91. The predicted molar refractivity (Wildman–Crippen MR) is 208 cm³/mol. The van der Waals surface area contributed by atoms with Crippen LogP contribution in [0.25, 0.3) is 98.8 Å². The van der Waals surface area contributed by atoms with E-state index in [1.165, 1.54) is 0 Å². The van der Waals surface area contributed by atoms with Crippen molar-refractivity contribution in [1.29, 1.82) is 0 Å². The van der Waals surface area contributed by atoms with Crippen LogP contribution in [0.5, 0.6) is 0 Å². The summed E-state index contributed by atoms with van der Waals surface area (Å²) < 4.78 is 79.2. The zero-order valence-electron chi connectivity index (χ0n) is 34.1. The van der Waals surface area contributed by atoms with Crippen LogP contribution in [-0.4, -0.2) is 0 Å². The normalized spacial score (nSPS) is 14.0. The SMILES string of the molecule is [2H]c1c([2H])c([2H])c2c(-c3cccc4ccccc34)c3c([2H])c([2H])c([2H])c([2H])c3c(-c3ccc(-c4cccc5c4oc4c(-c6ccccc6)cccc45)cc3)c2c1[2H]. The molecule has 1 heteroatoms. The third-order valence-electron chi connectivity index (χ3n) is 9.53. The van der Waals surface area contributed by atoms with Gasteiger partial charge in [-0.2, -0.15) is 0 Å². The van der Waals surface area contributed by atoms with Crippen LogP contribution >= 0.6 is 0 Å². The van der Waals surface area contributed by atoms with E-state index >= 15 is 0 Å². The van der Waals surface area contributed by atoms with Gasteiger partial charge in [-0.05, 0) is 65.7 Å². The van der Waals surface area contributed by atoms with Crippen molar-refractivity contribution in [2.45, 2.75) is 0 Å². The van der Waals surface area contributed by atoms with E-state index in [4.69, 9.17) is 9.90 Å². The maximum Gasteiger partial charge on any atom is 0.143 e. The minimum Gasteiger partial charge on any atom is -0.455 e. The van der Waals surface area contributed by atoms with Crippen LogP contribution in [0.1, 0.15) is 11.0 Å². The standard InChI is InChI=1S/C48H30O/c1-2-13-32(14-3-1)36-22-11-25-43-44-26-12-23-37(48(44)49-47(36)43)33-27-29-34(30-28-33)45-39-18-6-8-20-41(39)46(42-21-9-7-19-40(42)45)38-24-10-16-31-15-4-5-17-35(31)38/h1-30H/i6D,7D,8D,9D,18D,19D,20D,21D. The second-order valence-electron chi connectivity index (χ2n) is 12.2. The Morgan fingerprint density at radius 1 is 0.327 bits per heavy atom. The van der Waals surface area contributed by atoms with Gasteiger partial charge in [0.15, 0.2) is 0 Å². The summed E-state index contributed by atoms with van der Waals surface area (Å²) in [5.41, 5.74) is 7.05. The Labute approximate surface area is 295 Å². The molecular weight excluding hydrogens is 593 g/mol. The largest absolute Gasteiger partial charge is 0.455 e. The van der Waals surface area contributed by atoms with E-state index in [1.807, 2.05) is 109 Å². The average Bonchev–Trinajstić information content (AvgIpc) is 3.64. The molecule has 0 saturated carbocycles. The number of rotatable bonds is 4. The van der Waals surface area contributed by atoms with E-state index < -0.39 is 24.2 Å². The molecule has 9 aromatic carbocycles. The van der Waals surface area contributed by atoms with Crippen LogP contribution in [-0.2, 0) is 0 Å². The van der Waals surface area contributed by atoms with E-state index in [9.17, 15) is 5.48 Å². The minimum absolute atomic E-state index is 0.182. The fraction of sp³-hybridized carbons (Fsp3) is 0. The molecule has 0 spiro atoms. The maximum absolute atomic E-state index is 9.34. The van der Waals surface area contributed by atoms with E-state index in [2.05, 4.69) is 24.3 Å². The summed E-state index contributed by atoms with van der Waals surface area (Å²) >= 11 is 0. The highest BCUT2D eigenvalue weighted by atomic mass is 16.3. The Bertz CT molecular complexity index is 3230. The van der Waals surface area contributed by atoms with Crippen molar-refractivity contribution in [3.8, 4) is 44.5 Å². The quantitative estimate of drug-likeness (QED) is 0.176. The predicted octanol–water partition coefficient (Wildman–Crippen LogP) is 13.7. The molecule has 0 aliphatic heterocycles. The highest BCUT2D eigenvalue weighted by molar-refractivity contribution is 6.23. The Hall–Kier alpha value is -6.44. The zero-order valence-corrected chi connectivity index (χ0v) is 26.1. The molecule has 228 valence electrons. The van der Waals surface area contributed by atoms with Crippen LogP contribution in [0, 0.1) is 0 Å². The number of benzene rings is 9. The van der Waals surface area contributed by atoms with Gasteiger partial charge in [0, 0.05) is 21.9 Å². The van der Waals surface area contributed by atoms with Gasteiger partial charge >= 0.3 is 0 Å². The summed E-state index contributed by atoms with van der Waals surface area (Å²) in [4.78, 5) is 0. The number of hydrogen-bond acceptors (Lipinski definition) is 1. The fourth-order valence-electron chi connectivity index (χ4n) is 7.34. The Kier molecular flexibility index (Phi) is 4.69. The first-order valence-corrected chi connectivity index (χ1v) is 16.2. The molecule has 0 fully saturated rings. The van der Waals surface area contributed by atoms with Crippen molar-refractivity contribution in [1.82, 2.24) is 0 Å². The van der Waals surface area contributed by atoms with Crippen molar-refractivity contribution in [3.63, 3.8) is 0 Å². The Morgan fingerprint density at radius 2 is 0.776 bits per heavy atom. The summed E-state index contributed by atoms with van der Waals surface area (Å²) in [6, 6.07) is 40.3. The maximum atomic E-state index is 9.34. The summed E-state index contributed by atoms with van der Waals surface area (Å²) in [5.74, 6) is 0. The number of fused-ring (bicyclic) bond motifs is 6. The van der Waals surface area contributed by atoms with Gasteiger partial charge < -0.3 is 4.42 Å². The second-order valence-corrected chi connectivity index (χ2v) is 12.2. The molecule has 49 heavy (non-hydrogen) atoms. The molecule has 0 unspecified atom stereocenters. The molecule has 10 rings (SSSR count). The molecule has 0 N–H and O–H groups in total. The first-order chi connectivity index (χ1) is 27.7. The van der Waals surface area contributed by atoms with E-state index in [0.717, 1.165) is 55.0 Å². The first-order valence-electron chi connectivity index (χ1n) is 20.2. The Morgan fingerprint density at radius 3 is 1.41 bits per heavy atom. The Balaban J connectivity index is 1.27. The fourth-order valence-corrected chi connectivity index (χ4v) is 7.34. The van der Waals surface area contributed by atoms with Crippen LogP contribution in [0.2, 0.25) is 0 Å². The summed E-state index contributed by atoms with van der Waals surface area (Å²) in [5, 5.41) is 4.38. The van der Waals surface area contributed by atoms with E-state index in [0.29, 0.717) is 22.3 Å². The van der Waals surface area contributed by atoms with Gasteiger partial charge in [-0.25, -0.2) is 0 Å². The van der Waals surface area contributed by atoms with Gasteiger partial charge in [-0.15, -0.1) is 0 Å². The third-order valence-corrected chi connectivity index (χ3v) is 9.53. The lowest BCUT2D eigenvalue weighted by atomic mass is 9.84. The highest BCUT2D eigenvalue weighted by Crippen LogP contribution is 2.46. The smallest absolute Gasteiger partial charge is 0.143 e. The molecule has 0 aliphatic carbocycles. The van der Waals surface area contributed by atoms with Crippen LogP contribution in [0.15, 0.2) is 186 Å². The topological polar surface area (TPSA) is 13.1 Å². The average molecular weight is 631 g/mol. The monoisotopic (exact) mass is 630 g/mol. The molecule has 0 atom stereocenters. The number of para-hydroxylation sites is 2. The van der Waals surface area contributed by atoms with Gasteiger partial charge in [0.2, 0.25) is 0 Å². The summed E-state index contributed by atoms with van der Waals surface area (Å²) in [6.07, 6.45) is 0. The van der Waals surface area contributed by atoms with Crippen molar-refractivity contribution < 1.29 is 15.4 Å². The molecular formula is C48H30O. The van der Waals surface area contributed by atoms with Crippen molar-refractivity contribution in [2.75, 3.05) is 0 Å². The molecule has 1 aromatic heterocycles. The van der Waals surface area contributed by atoms with Crippen LogP contribution in [0.3, 0.4) is 0 Å². The number of hydrogen-bond donors (Lipinski definition) is 0. The molecule has 1 heterocycles. The minimum atomic E-state index is -0.430. The van der Waals surface area contributed by atoms with E-state index in [-0.39, 0.29) is 45.7 Å². The van der Waals surface area contributed by atoms with Crippen LogP contribution < -0.4 is 0 Å². The van der Waals surface area contributed by atoms with Gasteiger partial charge in [-0.1, -0.05) is 182 Å². The van der Waals surface area contributed by atoms with Gasteiger partial charge in [0.05, 0.1) is 11.0 Å². The van der Waals surface area contributed by atoms with Crippen molar-refractivity contribution in [2.24, 2.45) is 0 Å². The molecule has 10 aromatic rings. The summed E-state index contributed by atoms with van der Waals surface area (Å²) in [6.45, 7) is 0. The molecule has 0 radical (unpaired) electrons. The van der Waals surface area contributed by atoms with Gasteiger partial charge in [-0.3, -0.25) is 0 Å². The van der Waals surface area contributed by atoms with Crippen LogP contribution in [0.4, 0.5) is 0 Å². The van der Waals surface area contributed by atoms with Crippen molar-refractivity contribution >= 4 is 54.3 Å². The van der Waals surface area contributed by atoms with Gasteiger partial charge in [0.25, 0.3) is 0 Å².